The van der Waals surface area contributed by atoms with Crippen LogP contribution in [0, 0.1) is 5.92 Å². The molecular weight excluding hydrogens is 164 g/mol. The summed E-state index contributed by atoms with van der Waals surface area (Å²) in [6.45, 7) is 4.38. The van der Waals surface area contributed by atoms with Crippen LogP contribution in [0.4, 0.5) is 8.78 Å². The fraction of sp³-hybridized carbons (Fsp3) is 1.00. The van der Waals surface area contributed by atoms with Crippen molar-refractivity contribution in [2.24, 2.45) is 11.7 Å². The number of rotatable bonds is 5. The molecule has 0 fully saturated rings. The van der Waals surface area contributed by atoms with Crippen LogP contribution in [0.3, 0.4) is 0 Å². The van der Waals surface area contributed by atoms with Crippen LogP contribution in [-0.2, 0) is 4.74 Å². The summed E-state index contributed by atoms with van der Waals surface area (Å²) in [5.74, 6) is -2.64. The minimum Gasteiger partial charge on any atom is -0.372 e. The molecule has 1 atom stereocenters. The van der Waals surface area contributed by atoms with Crippen molar-refractivity contribution in [1.29, 1.82) is 0 Å². The van der Waals surface area contributed by atoms with Gasteiger partial charge in [-0.1, -0.05) is 13.8 Å². The molecule has 0 radical (unpaired) electrons. The highest BCUT2D eigenvalue weighted by atomic mass is 19.3. The van der Waals surface area contributed by atoms with E-state index in [2.05, 4.69) is 0 Å². The Labute approximate surface area is 72.1 Å². The Morgan fingerprint density at radius 1 is 1.33 bits per heavy atom. The molecule has 2 nitrogen and oxygen atoms in total. The van der Waals surface area contributed by atoms with E-state index in [0.29, 0.717) is 0 Å². The highest BCUT2D eigenvalue weighted by Crippen LogP contribution is 2.14. The van der Waals surface area contributed by atoms with Gasteiger partial charge in [-0.05, 0) is 12.8 Å². The predicted molar refractivity (Wildman–Crippen MR) is 44.3 cm³/mol. The molecule has 0 bridgehead atoms. The number of alkyl halides is 2. The van der Waals surface area contributed by atoms with Gasteiger partial charge in [0.15, 0.2) is 0 Å². The van der Waals surface area contributed by atoms with Gasteiger partial charge in [-0.2, -0.15) is 0 Å². The van der Waals surface area contributed by atoms with Crippen LogP contribution in [0.1, 0.15) is 20.8 Å². The second kappa shape index (κ2) is 4.72. The van der Waals surface area contributed by atoms with Crippen LogP contribution in [0.5, 0.6) is 0 Å². The molecule has 1 unspecified atom stereocenters. The summed E-state index contributed by atoms with van der Waals surface area (Å²) >= 11 is 0. The first-order valence-corrected chi connectivity index (χ1v) is 4.08. The van der Waals surface area contributed by atoms with E-state index in [-0.39, 0.29) is 12.0 Å². The lowest BCUT2D eigenvalue weighted by Crippen LogP contribution is -2.35. The Hall–Kier alpha value is -0.220. The van der Waals surface area contributed by atoms with E-state index in [4.69, 9.17) is 10.5 Å². The van der Waals surface area contributed by atoms with Crippen LogP contribution in [-0.4, -0.2) is 25.2 Å². The molecule has 0 saturated carbocycles. The van der Waals surface area contributed by atoms with E-state index in [9.17, 15) is 8.78 Å². The monoisotopic (exact) mass is 181 g/mol. The summed E-state index contributed by atoms with van der Waals surface area (Å²) in [5, 5.41) is 0. The molecule has 0 aromatic carbocycles. The molecule has 0 aromatic rings. The van der Waals surface area contributed by atoms with Crippen LogP contribution < -0.4 is 5.73 Å². The van der Waals surface area contributed by atoms with Crippen molar-refractivity contribution in [2.45, 2.75) is 32.8 Å². The SMILES string of the molecule is CC(C)C(C)OCC(F)(F)CN. The summed E-state index contributed by atoms with van der Waals surface area (Å²) in [5.41, 5.74) is 4.84. The van der Waals surface area contributed by atoms with E-state index in [1.165, 1.54) is 0 Å². The van der Waals surface area contributed by atoms with Gasteiger partial charge in [-0.25, -0.2) is 8.78 Å². The Morgan fingerprint density at radius 2 is 1.83 bits per heavy atom. The van der Waals surface area contributed by atoms with Gasteiger partial charge < -0.3 is 10.5 Å². The van der Waals surface area contributed by atoms with E-state index in [0.717, 1.165) is 0 Å². The van der Waals surface area contributed by atoms with Crippen molar-refractivity contribution < 1.29 is 13.5 Å². The number of halogens is 2. The van der Waals surface area contributed by atoms with Crippen LogP contribution in [0.2, 0.25) is 0 Å². The third kappa shape index (κ3) is 4.62. The maximum Gasteiger partial charge on any atom is 0.282 e. The molecule has 0 aromatic heterocycles. The van der Waals surface area contributed by atoms with Gasteiger partial charge in [0.2, 0.25) is 0 Å². The van der Waals surface area contributed by atoms with Crippen molar-refractivity contribution in [1.82, 2.24) is 0 Å². The molecule has 4 heteroatoms. The first-order valence-electron chi connectivity index (χ1n) is 4.08. The maximum absolute atomic E-state index is 12.5. The number of hydrogen-bond donors (Lipinski definition) is 1. The minimum atomic E-state index is -2.89. The zero-order valence-electron chi connectivity index (χ0n) is 7.81. The largest absolute Gasteiger partial charge is 0.372 e. The molecule has 0 aliphatic heterocycles. The molecule has 74 valence electrons. The second-order valence-electron chi connectivity index (χ2n) is 3.32. The van der Waals surface area contributed by atoms with E-state index in [1.807, 2.05) is 13.8 Å². The van der Waals surface area contributed by atoms with Crippen LogP contribution in [0.25, 0.3) is 0 Å². The predicted octanol–water partition coefficient (Wildman–Crippen LogP) is 1.64. The van der Waals surface area contributed by atoms with Gasteiger partial charge >= 0.3 is 0 Å². The Balaban J connectivity index is 3.67. The molecular formula is C8H17F2NO. The Morgan fingerprint density at radius 3 is 2.17 bits per heavy atom. The van der Waals surface area contributed by atoms with Crippen molar-refractivity contribution >= 4 is 0 Å². The summed E-state index contributed by atoms with van der Waals surface area (Å²) in [6.07, 6.45) is -0.151. The molecule has 0 aliphatic carbocycles. The quantitative estimate of drug-likeness (QED) is 0.699. The van der Waals surface area contributed by atoms with Gasteiger partial charge in [0.1, 0.15) is 6.61 Å². The van der Waals surface area contributed by atoms with Gasteiger partial charge in [0.05, 0.1) is 12.6 Å². The average Bonchev–Trinajstić information content (AvgIpc) is 2.00. The lowest BCUT2D eigenvalue weighted by atomic mass is 10.1. The van der Waals surface area contributed by atoms with Crippen molar-refractivity contribution in [3.8, 4) is 0 Å². The summed E-state index contributed by atoms with van der Waals surface area (Å²) in [7, 11) is 0. The highest BCUT2D eigenvalue weighted by molar-refractivity contribution is 4.67. The average molecular weight is 181 g/mol. The Bertz CT molecular complexity index is 128. The van der Waals surface area contributed by atoms with Crippen molar-refractivity contribution in [3.63, 3.8) is 0 Å². The smallest absolute Gasteiger partial charge is 0.282 e. The van der Waals surface area contributed by atoms with E-state index >= 15 is 0 Å². The van der Waals surface area contributed by atoms with Crippen LogP contribution >= 0.6 is 0 Å². The topological polar surface area (TPSA) is 35.2 Å². The third-order valence-electron chi connectivity index (χ3n) is 1.79. The van der Waals surface area contributed by atoms with Gasteiger partial charge in [0, 0.05) is 0 Å². The Kier molecular flexibility index (Phi) is 4.63. The number of nitrogens with two attached hydrogens (primary N) is 1. The fourth-order valence-electron chi connectivity index (χ4n) is 0.505. The normalized spacial score (nSPS) is 15.2. The standard InChI is InChI=1S/C8H17F2NO/c1-6(2)7(3)12-5-8(9,10)4-11/h6-7H,4-5,11H2,1-3H3. The lowest BCUT2D eigenvalue weighted by molar-refractivity contribution is -0.0975. The molecule has 0 heterocycles. The highest BCUT2D eigenvalue weighted by Gasteiger charge is 2.28. The summed E-state index contributed by atoms with van der Waals surface area (Å²) in [4.78, 5) is 0. The first-order chi connectivity index (χ1) is 5.39. The first kappa shape index (κ1) is 11.8. The zero-order valence-corrected chi connectivity index (χ0v) is 7.81. The zero-order chi connectivity index (χ0) is 9.78. The molecule has 2 N–H and O–H groups in total. The number of ether oxygens (including phenoxy) is 1. The van der Waals surface area contributed by atoms with E-state index < -0.39 is 19.1 Å². The van der Waals surface area contributed by atoms with Crippen molar-refractivity contribution in [3.05, 3.63) is 0 Å². The third-order valence-corrected chi connectivity index (χ3v) is 1.79. The molecule has 0 amide bonds. The summed E-state index contributed by atoms with van der Waals surface area (Å²) < 4.78 is 30.0. The number of hydrogen-bond acceptors (Lipinski definition) is 2. The van der Waals surface area contributed by atoms with Crippen LogP contribution in [0.15, 0.2) is 0 Å². The maximum atomic E-state index is 12.5. The second-order valence-corrected chi connectivity index (χ2v) is 3.32. The molecule has 0 saturated heterocycles. The van der Waals surface area contributed by atoms with Crippen molar-refractivity contribution in [2.75, 3.05) is 13.2 Å². The lowest BCUT2D eigenvalue weighted by Gasteiger charge is -2.20. The van der Waals surface area contributed by atoms with Gasteiger partial charge in [-0.15, -0.1) is 0 Å². The molecule has 0 aliphatic rings. The van der Waals surface area contributed by atoms with Gasteiger partial charge in [-0.3, -0.25) is 0 Å². The summed E-state index contributed by atoms with van der Waals surface area (Å²) in [6, 6.07) is 0. The minimum absolute atomic E-state index is 0.151. The van der Waals surface area contributed by atoms with E-state index in [1.54, 1.807) is 6.92 Å². The molecule has 12 heavy (non-hydrogen) atoms. The molecule has 0 spiro atoms. The fourth-order valence-corrected chi connectivity index (χ4v) is 0.505. The van der Waals surface area contributed by atoms with Gasteiger partial charge in [0.25, 0.3) is 5.92 Å². The molecule has 0 rings (SSSR count).